The molecule has 0 aromatic heterocycles. The van der Waals surface area contributed by atoms with Gasteiger partial charge in [0.1, 0.15) is 0 Å². The SMILES string of the molecule is CC(C)C(NC(=O)CSCC#N)c1cccc(C(F)(F)F)c1. The Labute approximate surface area is 131 Å². The van der Waals surface area contributed by atoms with Crippen molar-refractivity contribution in [3.8, 4) is 6.07 Å². The first-order valence-electron chi connectivity index (χ1n) is 6.67. The number of nitriles is 1. The molecule has 0 bridgehead atoms. The van der Waals surface area contributed by atoms with Crippen LogP contribution in [0.3, 0.4) is 0 Å². The van der Waals surface area contributed by atoms with Crippen LogP contribution in [0.25, 0.3) is 0 Å². The molecule has 0 aliphatic rings. The van der Waals surface area contributed by atoms with Gasteiger partial charge < -0.3 is 5.32 Å². The van der Waals surface area contributed by atoms with Gasteiger partial charge in [0.2, 0.25) is 5.91 Å². The lowest BCUT2D eigenvalue weighted by Crippen LogP contribution is -2.33. The number of carbonyl (C=O) groups is 1. The number of nitrogens with one attached hydrogen (secondary N) is 1. The monoisotopic (exact) mass is 330 g/mol. The summed E-state index contributed by atoms with van der Waals surface area (Å²) >= 11 is 1.16. The minimum absolute atomic E-state index is 0.0617. The molecule has 0 aliphatic carbocycles. The van der Waals surface area contributed by atoms with Crippen LogP contribution < -0.4 is 5.32 Å². The third kappa shape index (κ3) is 5.60. The van der Waals surface area contributed by atoms with Crippen molar-refractivity contribution in [1.29, 1.82) is 5.26 Å². The first kappa shape index (κ1) is 18.4. The van der Waals surface area contributed by atoms with E-state index in [-0.39, 0.29) is 23.3 Å². The number of carbonyl (C=O) groups excluding carboxylic acids is 1. The van der Waals surface area contributed by atoms with Crippen LogP contribution in [0.1, 0.15) is 31.0 Å². The van der Waals surface area contributed by atoms with Gasteiger partial charge in [0.15, 0.2) is 0 Å². The molecule has 1 aromatic rings. The summed E-state index contributed by atoms with van der Waals surface area (Å²) in [5.41, 5.74) is -0.313. The number of halogens is 3. The van der Waals surface area contributed by atoms with E-state index in [1.54, 1.807) is 6.07 Å². The summed E-state index contributed by atoms with van der Waals surface area (Å²) in [6.07, 6.45) is -4.41. The first-order chi connectivity index (χ1) is 10.3. The van der Waals surface area contributed by atoms with E-state index in [2.05, 4.69) is 5.32 Å². The maximum atomic E-state index is 12.8. The van der Waals surface area contributed by atoms with Gasteiger partial charge in [-0.05, 0) is 23.6 Å². The van der Waals surface area contributed by atoms with Crippen molar-refractivity contribution in [2.75, 3.05) is 11.5 Å². The van der Waals surface area contributed by atoms with Gasteiger partial charge in [0.25, 0.3) is 0 Å². The zero-order valence-corrected chi connectivity index (χ0v) is 13.1. The number of rotatable bonds is 6. The maximum Gasteiger partial charge on any atom is 0.416 e. The molecule has 0 aliphatic heterocycles. The summed E-state index contributed by atoms with van der Waals surface area (Å²) in [7, 11) is 0. The summed E-state index contributed by atoms with van der Waals surface area (Å²) in [5, 5.41) is 11.2. The smallest absolute Gasteiger partial charge is 0.348 e. The fourth-order valence-corrected chi connectivity index (χ4v) is 2.41. The second-order valence-electron chi connectivity index (χ2n) is 5.06. The standard InChI is InChI=1S/C15H17F3N2OS/c1-10(2)14(20-13(21)9-22-7-6-19)11-4-3-5-12(8-11)15(16,17)18/h3-5,8,10,14H,7,9H2,1-2H3,(H,20,21). The Bertz CT molecular complexity index is 552. The van der Waals surface area contributed by atoms with Crippen LogP contribution in [-0.4, -0.2) is 17.4 Å². The zero-order valence-electron chi connectivity index (χ0n) is 12.3. The van der Waals surface area contributed by atoms with E-state index in [0.717, 1.165) is 23.9 Å². The highest BCUT2D eigenvalue weighted by Crippen LogP contribution is 2.32. The summed E-state index contributed by atoms with van der Waals surface area (Å²) in [6, 6.07) is 6.39. The average molecular weight is 330 g/mol. The number of thioether (sulfide) groups is 1. The van der Waals surface area contributed by atoms with Crippen molar-refractivity contribution in [2.24, 2.45) is 5.92 Å². The minimum atomic E-state index is -4.41. The minimum Gasteiger partial charge on any atom is -0.348 e. The van der Waals surface area contributed by atoms with Crippen molar-refractivity contribution < 1.29 is 18.0 Å². The lowest BCUT2D eigenvalue weighted by Gasteiger charge is -2.23. The van der Waals surface area contributed by atoms with Crippen LogP contribution in [0.15, 0.2) is 24.3 Å². The topological polar surface area (TPSA) is 52.9 Å². The number of hydrogen-bond acceptors (Lipinski definition) is 3. The molecule has 1 N–H and O–H groups in total. The van der Waals surface area contributed by atoms with E-state index < -0.39 is 17.8 Å². The third-order valence-electron chi connectivity index (χ3n) is 2.96. The van der Waals surface area contributed by atoms with Gasteiger partial charge in [-0.15, -0.1) is 11.8 Å². The Kier molecular flexibility index (Phi) is 6.75. The van der Waals surface area contributed by atoms with Crippen LogP contribution in [0, 0.1) is 17.2 Å². The molecule has 0 fully saturated rings. The van der Waals surface area contributed by atoms with Gasteiger partial charge in [0.05, 0.1) is 29.2 Å². The lowest BCUT2D eigenvalue weighted by molar-refractivity contribution is -0.137. The van der Waals surface area contributed by atoms with Gasteiger partial charge in [0, 0.05) is 0 Å². The van der Waals surface area contributed by atoms with E-state index >= 15 is 0 Å². The number of amides is 1. The maximum absolute atomic E-state index is 12.8. The number of nitrogens with zero attached hydrogens (tertiary/aromatic N) is 1. The molecule has 0 saturated carbocycles. The van der Waals surface area contributed by atoms with E-state index in [1.807, 2.05) is 19.9 Å². The molecule has 3 nitrogen and oxygen atoms in total. The number of alkyl halides is 3. The molecule has 1 amide bonds. The normalized spacial score (nSPS) is 12.8. The predicted octanol–water partition coefficient (Wildman–Crippen LogP) is 3.78. The second kappa shape index (κ2) is 8.08. The van der Waals surface area contributed by atoms with E-state index in [9.17, 15) is 18.0 Å². The van der Waals surface area contributed by atoms with Crippen molar-refractivity contribution >= 4 is 17.7 Å². The predicted molar refractivity (Wildman–Crippen MR) is 80.1 cm³/mol. The Morgan fingerprint density at radius 1 is 1.41 bits per heavy atom. The average Bonchev–Trinajstić information content (AvgIpc) is 2.44. The van der Waals surface area contributed by atoms with Crippen molar-refractivity contribution in [3.63, 3.8) is 0 Å². The van der Waals surface area contributed by atoms with E-state index in [4.69, 9.17) is 5.26 Å². The molecule has 1 rings (SSSR count). The van der Waals surface area contributed by atoms with Crippen LogP contribution in [0.2, 0.25) is 0 Å². The summed E-state index contributed by atoms with van der Waals surface area (Å²) in [6.45, 7) is 3.65. The molecule has 0 radical (unpaired) electrons. The third-order valence-corrected chi connectivity index (χ3v) is 3.76. The second-order valence-corrected chi connectivity index (χ2v) is 6.05. The van der Waals surface area contributed by atoms with Crippen LogP contribution in [0.4, 0.5) is 13.2 Å². The highest BCUT2D eigenvalue weighted by molar-refractivity contribution is 8.00. The van der Waals surface area contributed by atoms with Gasteiger partial charge in [-0.25, -0.2) is 0 Å². The van der Waals surface area contributed by atoms with Crippen LogP contribution >= 0.6 is 11.8 Å². The molecule has 7 heteroatoms. The molecule has 120 valence electrons. The molecular weight excluding hydrogens is 313 g/mol. The lowest BCUT2D eigenvalue weighted by atomic mass is 9.94. The van der Waals surface area contributed by atoms with Crippen LogP contribution in [0.5, 0.6) is 0 Å². The van der Waals surface area contributed by atoms with E-state index in [0.29, 0.717) is 5.56 Å². The summed E-state index contributed by atoms with van der Waals surface area (Å²) in [4.78, 5) is 11.8. The molecule has 1 atom stereocenters. The zero-order chi connectivity index (χ0) is 16.8. The molecule has 1 unspecified atom stereocenters. The largest absolute Gasteiger partial charge is 0.416 e. The van der Waals surface area contributed by atoms with Crippen molar-refractivity contribution in [3.05, 3.63) is 35.4 Å². The van der Waals surface area contributed by atoms with Gasteiger partial charge >= 0.3 is 6.18 Å². The van der Waals surface area contributed by atoms with Crippen molar-refractivity contribution in [2.45, 2.75) is 26.1 Å². The quantitative estimate of drug-likeness (QED) is 0.808. The van der Waals surface area contributed by atoms with Gasteiger partial charge in [-0.1, -0.05) is 26.0 Å². The Hall–Kier alpha value is -1.68. The summed E-state index contributed by atoms with van der Waals surface area (Å²) < 4.78 is 38.3. The fourth-order valence-electron chi connectivity index (χ4n) is 1.95. The highest BCUT2D eigenvalue weighted by Gasteiger charge is 2.31. The molecule has 0 heterocycles. The van der Waals surface area contributed by atoms with Gasteiger partial charge in [-0.3, -0.25) is 4.79 Å². The first-order valence-corrected chi connectivity index (χ1v) is 7.82. The van der Waals surface area contributed by atoms with Gasteiger partial charge in [-0.2, -0.15) is 18.4 Å². The molecule has 1 aromatic carbocycles. The number of hydrogen-bond donors (Lipinski definition) is 1. The van der Waals surface area contributed by atoms with E-state index in [1.165, 1.54) is 6.07 Å². The molecular formula is C15H17F3N2OS. The van der Waals surface area contributed by atoms with Crippen molar-refractivity contribution in [1.82, 2.24) is 5.32 Å². The Morgan fingerprint density at radius 2 is 2.09 bits per heavy atom. The molecule has 0 spiro atoms. The molecule has 22 heavy (non-hydrogen) atoms. The Morgan fingerprint density at radius 3 is 2.64 bits per heavy atom. The number of benzene rings is 1. The highest BCUT2D eigenvalue weighted by atomic mass is 32.2. The summed E-state index contributed by atoms with van der Waals surface area (Å²) in [5.74, 6) is -0.0521. The Balaban J connectivity index is 2.88. The molecule has 0 saturated heterocycles. The van der Waals surface area contributed by atoms with Crippen LogP contribution in [-0.2, 0) is 11.0 Å². The fraction of sp³-hybridized carbons (Fsp3) is 0.467.